The molecule has 0 bridgehead atoms. The first-order valence-electron chi connectivity index (χ1n) is 5.40. The fourth-order valence-corrected chi connectivity index (χ4v) is 1.82. The van der Waals surface area contributed by atoms with Gasteiger partial charge < -0.3 is 5.73 Å². The summed E-state index contributed by atoms with van der Waals surface area (Å²) in [6.45, 7) is 4.42. The number of hydrogen-bond acceptors (Lipinski definition) is 3. The fourth-order valence-electron chi connectivity index (χ4n) is 1.82. The molecule has 0 unspecified atom stereocenters. The number of amides is 1. The summed E-state index contributed by atoms with van der Waals surface area (Å²) in [7, 11) is 0. The second-order valence-electron chi connectivity index (χ2n) is 4.02. The molecule has 0 fully saturated rings. The lowest BCUT2D eigenvalue weighted by Gasteiger charge is -1.98. The second-order valence-corrected chi connectivity index (χ2v) is 4.02. The van der Waals surface area contributed by atoms with E-state index >= 15 is 0 Å². The van der Waals surface area contributed by atoms with Crippen LogP contribution < -0.4 is 5.73 Å². The first-order chi connectivity index (χ1) is 8.08. The quantitative estimate of drug-likeness (QED) is 0.817. The van der Waals surface area contributed by atoms with Crippen molar-refractivity contribution in [3.05, 3.63) is 23.8 Å². The van der Waals surface area contributed by atoms with E-state index < -0.39 is 0 Å². The van der Waals surface area contributed by atoms with Gasteiger partial charge in [0.1, 0.15) is 0 Å². The molecule has 0 saturated carbocycles. The van der Waals surface area contributed by atoms with Crippen molar-refractivity contribution in [1.29, 1.82) is 0 Å². The third kappa shape index (κ3) is 2.35. The molecule has 0 spiro atoms. The summed E-state index contributed by atoms with van der Waals surface area (Å²) in [6, 6.07) is 0. The summed E-state index contributed by atoms with van der Waals surface area (Å²) < 4.78 is 1.71. The van der Waals surface area contributed by atoms with Gasteiger partial charge in [-0.1, -0.05) is 0 Å². The summed E-state index contributed by atoms with van der Waals surface area (Å²) in [4.78, 5) is 10.7. The number of rotatable bonds is 4. The van der Waals surface area contributed by atoms with Gasteiger partial charge in [-0.2, -0.15) is 10.2 Å². The number of aromatic amines is 1. The van der Waals surface area contributed by atoms with E-state index in [1.807, 2.05) is 20.0 Å². The van der Waals surface area contributed by atoms with Gasteiger partial charge in [-0.25, -0.2) is 0 Å². The average molecular weight is 233 g/mol. The lowest BCUT2D eigenvalue weighted by molar-refractivity contribution is -0.118. The molecule has 2 heterocycles. The van der Waals surface area contributed by atoms with Crippen LogP contribution in [0.5, 0.6) is 0 Å². The highest BCUT2D eigenvalue weighted by atomic mass is 16.1. The minimum absolute atomic E-state index is 0.296. The molecule has 1 amide bonds. The van der Waals surface area contributed by atoms with Crippen molar-refractivity contribution in [2.75, 3.05) is 0 Å². The first kappa shape index (κ1) is 11.4. The number of nitrogens with one attached hydrogen (secondary N) is 1. The van der Waals surface area contributed by atoms with Crippen molar-refractivity contribution >= 4 is 5.91 Å². The van der Waals surface area contributed by atoms with Crippen molar-refractivity contribution in [1.82, 2.24) is 20.0 Å². The van der Waals surface area contributed by atoms with E-state index in [0.29, 0.717) is 13.0 Å². The van der Waals surface area contributed by atoms with E-state index in [2.05, 4.69) is 15.3 Å². The zero-order valence-electron chi connectivity index (χ0n) is 9.90. The Balaban J connectivity index is 2.21. The minimum atomic E-state index is -0.322. The van der Waals surface area contributed by atoms with E-state index in [1.165, 1.54) is 0 Å². The molecule has 0 aliphatic heterocycles. The number of primary amides is 1. The Morgan fingerprint density at radius 2 is 2.29 bits per heavy atom. The van der Waals surface area contributed by atoms with Crippen LogP contribution in [0.3, 0.4) is 0 Å². The third-order valence-electron chi connectivity index (χ3n) is 2.64. The molecule has 6 nitrogen and oxygen atoms in total. The van der Waals surface area contributed by atoms with Crippen molar-refractivity contribution in [3.63, 3.8) is 0 Å². The van der Waals surface area contributed by atoms with Gasteiger partial charge in [0.15, 0.2) is 0 Å². The Morgan fingerprint density at radius 3 is 2.88 bits per heavy atom. The maximum absolute atomic E-state index is 10.7. The summed E-state index contributed by atoms with van der Waals surface area (Å²) in [5.74, 6) is -0.322. The van der Waals surface area contributed by atoms with Gasteiger partial charge in [-0.15, -0.1) is 0 Å². The molecule has 90 valence electrons. The second kappa shape index (κ2) is 4.40. The van der Waals surface area contributed by atoms with E-state index in [9.17, 15) is 4.79 Å². The maximum atomic E-state index is 10.7. The normalized spacial score (nSPS) is 10.7. The van der Waals surface area contributed by atoms with E-state index in [1.54, 1.807) is 10.9 Å². The van der Waals surface area contributed by atoms with Gasteiger partial charge >= 0.3 is 0 Å². The number of carbonyl (C=O) groups is 1. The Morgan fingerprint density at radius 1 is 1.53 bits per heavy atom. The maximum Gasteiger partial charge on any atom is 0.219 e. The number of nitrogens with zero attached hydrogens (tertiary/aromatic N) is 3. The molecule has 0 aliphatic carbocycles. The summed E-state index contributed by atoms with van der Waals surface area (Å²) >= 11 is 0. The molecule has 2 aromatic rings. The summed E-state index contributed by atoms with van der Waals surface area (Å²) in [5, 5.41) is 11.3. The van der Waals surface area contributed by atoms with Crippen molar-refractivity contribution in [3.8, 4) is 11.1 Å². The van der Waals surface area contributed by atoms with Gasteiger partial charge in [0, 0.05) is 36.0 Å². The van der Waals surface area contributed by atoms with Crippen LogP contribution in [0, 0.1) is 13.8 Å². The lowest BCUT2D eigenvalue weighted by Crippen LogP contribution is -2.13. The Kier molecular flexibility index (Phi) is 2.95. The van der Waals surface area contributed by atoms with E-state index in [4.69, 9.17) is 5.73 Å². The predicted octanol–water partition coefficient (Wildman–Crippen LogP) is 0.765. The summed E-state index contributed by atoms with van der Waals surface area (Å²) in [5.41, 5.74) is 9.11. The van der Waals surface area contributed by atoms with Crippen LogP contribution in [0.25, 0.3) is 11.1 Å². The highest BCUT2D eigenvalue weighted by Gasteiger charge is 2.11. The molecular formula is C11H15N5O. The molecule has 0 radical (unpaired) electrons. The third-order valence-corrected chi connectivity index (χ3v) is 2.64. The van der Waals surface area contributed by atoms with Gasteiger partial charge in [0.2, 0.25) is 5.91 Å². The molecule has 0 aromatic carbocycles. The first-order valence-corrected chi connectivity index (χ1v) is 5.40. The van der Waals surface area contributed by atoms with Gasteiger partial charge in [0.25, 0.3) is 0 Å². The van der Waals surface area contributed by atoms with Crippen LogP contribution in [-0.2, 0) is 11.3 Å². The Labute approximate surface area is 98.8 Å². The molecule has 2 aromatic heterocycles. The molecule has 2 rings (SSSR count). The van der Waals surface area contributed by atoms with Gasteiger partial charge in [-0.3, -0.25) is 14.6 Å². The molecule has 3 N–H and O–H groups in total. The standard InChI is InChI=1S/C11H15N5O/c1-7-11(8(2)15-14-7)9-5-13-16(6-9)4-3-10(12)17/h5-6H,3-4H2,1-2H3,(H2,12,17)(H,14,15). The van der Waals surface area contributed by atoms with Crippen LogP contribution >= 0.6 is 0 Å². The number of aryl methyl sites for hydroxylation is 3. The lowest BCUT2D eigenvalue weighted by atomic mass is 10.1. The Hall–Kier alpha value is -2.11. The van der Waals surface area contributed by atoms with Crippen LogP contribution in [-0.4, -0.2) is 25.9 Å². The fraction of sp³-hybridized carbons (Fsp3) is 0.364. The smallest absolute Gasteiger partial charge is 0.219 e. The minimum Gasteiger partial charge on any atom is -0.370 e. The molecule has 0 saturated heterocycles. The largest absolute Gasteiger partial charge is 0.370 e. The molecule has 0 aliphatic rings. The van der Waals surface area contributed by atoms with Crippen molar-refractivity contribution in [2.45, 2.75) is 26.8 Å². The highest BCUT2D eigenvalue weighted by molar-refractivity contribution is 5.73. The predicted molar refractivity (Wildman–Crippen MR) is 63.1 cm³/mol. The molecule has 6 heteroatoms. The monoisotopic (exact) mass is 233 g/mol. The number of aromatic nitrogens is 4. The molecule has 17 heavy (non-hydrogen) atoms. The average Bonchev–Trinajstić information content (AvgIpc) is 2.83. The van der Waals surface area contributed by atoms with Crippen LogP contribution in [0.2, 0.25) is 0 Å². The van der Waals surface area contributed by atoms with Crippen LogP contribution in [0.4, 0.5) is 0 Å². The zero-order valence-corrected chi connectivity index (χ0v) is 9.90. The SMILES string of the molecule is Cc1n[nH]c(C)c1-c1cnn(CCC(N)=O)c1. The van der Waals surface area contributed by atoms with Crippen LogP contribution in [0.1, 0.15) is 17.8 Å². The van der Waals surface area contributed by atoms with Gasteiger partial charge in [-0.05, 0) is 13.8 Å². The number of hydrogen-bond donors (Lipinski definition) is 2. The Bertz CT molecular complexity index is 520. The zero-order chi connectivity index (χ0) is 12.4. The van der Waals surface area contributed by atoms with E-state index in [0.717, 1.165) is 22.5 Å². The number of nitrogens with two attached hydrogens (primary N) is 1. The van der Waals surface area contributed by atoms with Crippen molar-refractivity contribution in [2.24, 2.45) is 5.73 Å². The van der Waals surface area contributed by atoms with Crippen molar-refractivity contribution < 1.29 is 4.79 Å². The summed E-state index contributed by atoms with van der Waals surface area (Å²) in [6.07, 6.45) is 3.96. The molecule has 0 atom stereocenters. The van der Waals surface area contributed by atoms with E-state index in [-0.39, 0.29) is 5.91 Å². The topological polar surface area (TPSA) is 89.6 Å². The highest BCUT2D eigenvalue weighted by Crippen LogP contribution is 2.24. The molecular weight excluding hydrogens is 218 g/mol. The number of carbonyl (C=O) groups excluding carboxylic acids is 1. The van der Waals surface area contributed by atoms with Gasteiger partial charge in [0.05, 0.1) is 11.9 Å². The number of H-pyrrole nitrogens is 1. The van der Waals surface area contributed by atoms with Crippen LogP contribution in [0.15, 0.2) is 12.4 Å².